The van der Waals surface area contributed by atoms with Crippen molar-refractivity contribution < 1.29 is 26.7 Å². The Bertz CT molecular complexity index is 1650. The van der Waals surface area contributed by atoms with Crippen molar-refractivity contribution in [1.29, 1.82) is 0 Å². The van der Waals surface area contributed by atoms with Gasteiger partial charge in [-0.1, -0.05) is 60.1 Å². The van der Waals surface area contributed by atoms with E-state index in [1.54, 1.807) is 37.3 Å². The molecule has 0 heterocycles. The van der Waals surface area contributed by atoms with E-state index in [1.807, 2.05) is 30.3 Å². The predicted molar refractivity (Wildman–Crippen MR) is 161 cm³/mol. The van der Waals surface area contributed by atoms with Gasteiger partial charge in [0.15, 0.2) is 0 Å². The zero-order valence-corrected chi connectivity index (χ0v) is 24.3. The van der Waals surface area contributed by atoms with E-state index in [9.17, 15) is 17.6 Å². The van der Waals surface area contributed by atoms with E-state index in [-0.39, 0.29) is 17.4 Å². The van der Waals surface area contributed by atoms with Gasteiger partial charge in [-0.3, -0.25) is 9.10 Å². The van der Waals surface area contributed by atoms with Crippen LogP contribution in [0.5, 0.6) is 5.75 Å². The lowest BCUT2D eigenvalue weighted by Gasteiger charge is -2.32. The Morgan fingerprint density at radius 2 is 1.67 bits per heavy atom. The maximum Gasteiger partial charge on any atom is 0.264 e. The molecule has 0 aromatic heterocycles. The summed E-state index contributed by atoms with van der Waals surface area (Å²) in [5.74, 6) is -1.57. The molecule has 0 aliphatic carbocycles. The molecule has 10 heteroatoms. The van der Waals surface area contributed by atoms with Crippen LogP contribution in [0.25, 0.3) is 6.08 Å². The maximum atomic E-state index is 15.0. The third-order valence-corrected chi connectivity index (χ3v) is 8.49. The molecule has 0 aliphatic rings. The first kappa shape index (κ1) is 30.7. The number of amides is 1. The van der Waals surface area contributed by atoms with Crippen LogP contribution in [0, 0.1) is 11.6 Å². The summed E-state index contributed by atoms with van der Waals surface area (Å²) in [6.07, 6.45) is 3.64. The molecule has 4 rings (SSSR count). The van der Waals surface area contributed by atoms with Gasteiger partial charge in [0, 0.05) is 29.3 Å². The van der Waals surface area contributed by atoms with Crippen LogP contribution in [0.2, 0.25) is 5.02 Å². The standard InChI is InChI=1S/C32H29ClF2N2O4S/c1-23(37(30-22-26(34)15-18-29(30)35)42(39,40)27-16-13-25(33)14-17-27)28-10-5-6-11-31(28)41-21-7-20-36-32(38)19-12-24-8-3-2-4-9-24/h2-6,8-19,22-23H,7,20-21H2,1H3,(H,36,38). The number of rotatable bonds is 12. The van der Waals surface area contributed by atoms with Crippen molar-refractivity contribution in [2.45, 2.75) is 24.3 Å². The molecule has 4 aromatic rings. The van der Waals surface area contributed by atoms with Gasteiger partial charge < -0.3 is 10.1 Å². The van der Waals surface area contributed by atoms with E-state index < -0.39 is 33.4 Å². The van der Waals surface area contributed by atoms with Crippen LogP contribution >= 0.6 is 11.6 Å². The second-order valence-electron chi connectivity index (χ2n) is 9.30. The Morgan fingerprint density at radius 1 is 0.976 bits per heavy atom. The highest BCUT2D eigenvalue weighted by Gasteiger charge is 2.34. The first-order chi connectivity index (χ1) is 20.2. The number of anilines is 1. The van der Waals surface area contributed by atoms with Gasteiger partial charge in [-0.05, 0) is 67.4 Å². The lowest BCUT2D eigenvalue weighted by Crippen LogP contribution is -2.34. The van der Waals surface area contributed by atoms with Crippen molar-refractivity contribution in [3.05, 3.63) is 131 Å². The fourth-order valence-corrected chi connectivity index (χ4v) is 6.03. The smallest absolute Gasteiger partial charge is 0.264 e. The zero-order chi connectivity index (χ0) is 30.1. The van der Waals surface area contributed by atoms with Crippen LogP contribution < -0.4 is 14.4 Å². The normalized spacial score (nSPS) is 12.2. The molecule has 218 valence electrons. The van der Waals surface area contributed by atoms with Gasteiger partial charge in [-0.2, -0.15) is 0 Å². The Hall–Kier alpha value is -4.21. The molecule has 42 heavy (non-hydrogen) atoms. The van der Waals surface area contributed by atoms with Gasteiger partial charge in [-0.15, -0.1) is 0 Å². The van der Waals surface area contributed by atoms with Gasteiger partial charge in [0.05, 0.1) is 23.2 Å². The highest BCUT2D eigenvalue weighted by molar-refractivity contribution is 7.92. The first-order valence-electron chi connectivity index (χ1n) is 13.1. The number of para-hydroxylation sites is 1. The summed E-state index contributed by atoms with van der Waals surface area (Å²) in [6, 6.07) is 23.3. The Labute approximate surface area is 249 Å². The Balaban J connectivity index is 1.51. The zero-order valence-electron chi connectivity index (χ0n) is 22.7. The van der Waals surface area contributed by atoms with Crippen LogP contribution in [0.15, 0.2) is 108 Å². The number of halogens is 3. The van der Waals surface area contributed by atoms with Crippen molar-refractivity contribution in [1.82, 2.24) is 5.32 Å². The summed E-state index contributed by atoms with van der Waals surface area (Å²) in [7, 11) is -4.38. The molecule has 0 bridgehead atoms. The minimum Gasteiger partial charge on any atom is -0.493 e. The van der Waals surface area contributed by atoms with E-state index in [1.165, 1.54) is 30.3 Å². The third kappa shape index (κ3) is 7.74. The fraction of sp³-hybridized carbons (Fsp3) is 0.156. The number of nitrogens with zero attached hydrogens (tertiary/aromatic N) is 1. The van der Waals surface area contributed by atoms with Crippen molar-refractivity contribution >= 4 is 39.3 Å². The Kier molecular flexibility index (Phi) is 10.3. The SMILES string of the molecule is CC(c1ccccc1OCCCNC(=O)C=Cc1ccccc1)N(c1cc(F)ccc1F)S(=O)(=O)c1ccc(Cl)cc1. The lowest BCUT2D eigenvalue weighted by atomic mass is 10.1. The van der Waals surface area contributed by atoms with E-state index >= 15 is 4.39 Å². The summed E-state index contributed by atoms with van der Waals surface area (Å²) in [5, 5.41) is 3.12. The van der Waals surface area contributed by atoms with Crippen LogP contribution in [0.4, 0.5) is 14.5 Å². The molecular weight excluding hydrogens is 582 g/mol. The van der Waals surface area contributed by atoms with E-state index in [4.69, 9.17) is 16.3 Å². The second kappa shape index (κ2) is 14.1. The highest BCUT2D eigenvalue weighted by atomic mass is 35.5. The molecule has 4 aromatic carbocycles. The Morgan fingerprint density at radius 3 is 2.40 bits per heavy atom. The minimum atomic E-state index is -4.38. The average Bonchev–Trinajstić information content (AvgIpc) is 2.98. The molecule has 0 radical (unpaired) electrons. The summed E-state index contributed by atoms with van der Waals surface area (Å²) in [5.41, 5.74) is 0.902. The highest BCUT2D eigenvalue weighted by Crippen LogP contribution is 2.38. The molecule has 1 atom stereocenters. The average molecular weight is 611 g/mol. The van der Waals surface area contributed by atoms with E-state index in [2.05, 4.69) is 5.32 Å². The molecule has 0 aliphatic heterocycles. The molecule has 1 N–H and O–H groups in total. The van der Waals surface area contributed by atoms with Crippen LogP contribution in [-0.2, 0) is 14.8 Å². The summed E-state index contributed by atoms with van der Waals surface area (Å²) >= 11 is 5.95. The predicted octanol–water partition coefficient (Wildman–Crippen LogP) is 7.17. The van der Waals surface area contributed by atoms with Crippen LogP contribution in [0.1, 0.15) is 30.5 Å². The number of sulfonamides is 1. The molecule has 0 spiro atoms. The minimum absolute atomic E-state index is 0.141. The molecule has 6 nitrogen and oxygen atoms in total. The topological polar surface area (TPSA) is 75.7 Å². The summed E-state index contributed by atoms with van der Waals surface area (Å²) in [6.45, 7) is 2.13. The number of carbonyl (C=O) groups is 1. The number of benzene rings is 4. The maximum absolute atomic E-state index is 15.0. The monoisotopic (exact) mass is 610 g/mol. The second-order valence-corrected chi connectivity index (χ2v) is 11.6. The number of nitrogens with one attached hydrogen (secondary N) is 1. The van der Waals surface area contributed by atoms with Crippen LogP contribution in [0.3, 0.4) is 0 Å². The van der Waals surface area contributed by atoms with Crippen molar-refractivity contribution in [2.24, 2.45) is 0 Å². The molecule has 1 unspecified atom stereocenters. The molecule has 0 fully saturated rings. The lowest BCUT2D eigenvalue weighted by molar-refractivity contribution is -0.116. The number of ether oxygens (including phenoxy) is 1. The molecule has 0 saturated carbocycles. The number of hydrogen-bond donors (Lipinski definition) is 1. The van der Waals surface area contributed by atoms with Gasteiger partial charge in [0.25, 0.3) is 10.0 Å². The van der Waals surface area contributed by atoms with Crippen molar-refractivity contribution in [3.8, 4) is 5.75 Å². The van der Waals surface area contributed by atoms with E-state index in [0.717, 1.165) is 28.1 Å². The summed E-state index contributed by atoms with van der Waals surface area (Å²) in [4.78, 5) is 12.0. The first-order valence-corrected chi connectivity index (χ1v) is 15.0. The van der Waals surface area contributed by atoms with Crippen LogP contribution in [-0.4, -0.2) is 27.5 Å². The van der Waals surface area contributed by atoms with Crippen molar-refractivity contribution in [3.63, 3.8) is 0 Å². The molecular formula is C32H29ClF2N2O4S. The molecule has 0 saturated heterocycles. The van der Waals surface area contributed by atoms with Gasteiger partial charge >= 0.3 is 0 Å². The number of carbonyl (C=O) groups excluding carboxylic acids is 1. The van der Waals surface area contributed by atoms with Gasteiger partial charge in [0.2, 0.25) is 5.91 Å². The quantitative estimate of drug-likeness (QED) is 0.136. The van der Waals surface area contributed by atoms with Gasteiger partial charge in [-0.25, -0.2) is 17.2 Å². The van der Waals surface area contributed by atoms with E-state index in [0.29, 0.717) is 29.3 Å². The third-order valence-electron chi connectivity index (χ3n) is 6.34. The summed E-state index contributed by atoms with van der Waals surface area (Å²) < 4.78 is 63.8. The van der Waals surface area contributed by atoms with Crippen molar-refractivity contribution in [2.75, 3.05) is 17.5 Å². The fourth-order valence-electron chi connectivity index (χ4n) is 4.27. The number of hydrogen-bond acceptors (Lipinski definition) is 4. The largest absolute Gasteiger partial charge is 0.493 e. The van der Waals surface area contributed by atoms with Gasteiger partial charge in [0.1, 0.15) is 17.4 Å². The molecule has 1 amide bonds.